The van der Waals surface area contributed by atoms with Crippen LogP contribution < -0.4 is 5.32 Å². The summed E-state index contributed by atoms with van der Waals surface area (Å²) in [5, 5.41) is 22.0. The van der Waals surface area contributed by atoms with Crippen molar-refractivity contribution >= 4 is 17.6 Å². The van der Waals surface area contributed by atoms with Crippen LogP contribution in [0.5, 0.6) is 0 Å². The lowest BCUT2D eigenvalue weighted by molar-refractivity contribution is -0.384. The fourth-order valence-corrected chi connectivity index (χ4v) is 2.35. The second-order valence-electron chi connectivity index (χ2n) is 5.08. The Labute approximate surface area is 118 Å². The van der Waals surface area contributed by atoms with Crippen molar-refractivity contribution in [1.29, 1.82) is 0 Å². The largest absolute Gasteiger partial charge is 0.481 e. The number of non-ortho nitro benzene ring substituents is 1. The molecule has 0 radical (unpaired) electrons. The molecule has 0 atom stereocenters. The number of benzene rings is 1. The first kappa shape index (κ1) is 14.9. The molecule has 21 heavy (non-hydrogen) atoms. The van der Waals surface area contributed by atoms with Crippen LogP contribution in [-0.4, -0.2) is 27.4 Å². The fourth-order valence-electron chi connectivity index (χ4n) is 2.35. The third-order valence-corrected chi connectivity index (χ3v) is 3.58. The number of rotatable bonds is 5. The number of nitro benzene ring substituents is 1. The number of aliphatic carboxylic acids is 1. The highest BCUT2D eigenvalue weighted by Gasteiger charge is 2.40. The van der Waals surface area contributed by atoms with Crippen molar-refractivity contribution in [3.63, 3.8) is 0 Å². The molecule has 0 unspecified atom stereocenters. The smallest absolute Gasteiger partial charge is 0.305 e. The van der Waals surface area contributed by atoms with Crippen molar-refractivity contribution in [2.24, 2.45) is 0 Å². The Bertz CT molecular complexity index is 613. The lowest BCUT2D eigenvalue weighted by Gasteiger charge is -2.41. The van der Waals surface area contributed by atoms with Gasteiger partial charge in [0.15, 0.2) is 0 Å². The number of carbonyl (C=O) groups excluding carboxylic acids is 1. The van der Waals surface area contributed by atoms with Gasteiger partial charge in [0.1, 0.15) is 5.82 Å². The van der Waals surface area contributed by atoms with E-state index in [-0.39, 0.29) is 6.42 Å². The molecule has 7 nitrogen and oxygen atoms in total. The van der Waals surface area contributed by atoms with Crippen LogP contribution in [0.4, 0.5) is 10.1 Å². The molecule has 1 aromatic rings. The highest BCUT2D eigenvalue weighted by Crippen LogP contribution is 2.35. The zero-order valence-corrected chi connectivity index (χ0v) is 11.0. The van der Waals surface area contributed by atoms with Gasteiger partial charge in [0.25, 0.3) is 11.6 Å². The molecule has 1 aliphatic carbocycles. The van der Waals surface area contributed by atoms with Crippen LogP contribution >= 0.6 is 0 Å². The number of nitro groups is 1. The van der Waals surface area contributed by atoms with E-state index in [9.17, 15) is 24.1 Å². The molecule has 0 saturated heterocycles. The molecule has 1 fully saturated rings. The van der Waals surface area contributed by atoms with Crippen molar-refractivity contribution < 1.29 is 24.0 Å². The van der Waals surface area contributed by atoms with Crippen LogP contribution in [0.25, 0.3) is 0 Å². The second-order valence-corrected chi connectivity index (χ2v) is 5.08. The number of amides is 1. The van der Waals surface area contributed by atoms with E-state index in [2.05, 4.69) is 5.32 Å². The highest BCUT2D eigenvalue weighted by atomic mass is 19.1. The first-order valence-corrected chi connectivity index (χ1v) is 6.31. The maximum atomic E-state index is 13.6. The molecule has 1 amide bonds. The third-order valence-electron chi connectivity index (χ3n) is 3.58. The minimum atomic E-state index is -1.06. The van der Waals surface area contributed by atoms with Gasteiger partial charge in [-0.2, -0.15) is 0 Å². The normalized spacial score (nSPS) is 15.9. The van der Waals surface area contributed by atoms with Crippen LogP contribution in [0.1, 0.15) is 36.0 Å². The fraction of sp³-hybridized carbons (Fsp3) is 0.385. The highest BCUT2D eigenvalue weighted by molar-refractivity contribution is 5.96. The average Bonchev–Trinajstić information content (AvgIpc) is 2.35. The summed E-state index contributed by atoms with van der Waals surface area (Å²) in [4.78, 5) is 32.8. The predicted molar refractivity (Wildman–Crippen MR) is 69.4 cm³/mol. The first-order chi connectivity index (χ1) is 9.83. The van der Waals surface area contributed by atoms with Crippen LogP contribution in [0.2, 0.25) is 0 Å². The number of carbonyl (C=O) groups is 2. The van der Waals surface area contributed by atoms with E-state index in [4.69, 9.17) is 5.11 Å². The summed E-state index contributed by atoms with van der Waals surface area (Å²) in [5.41, 5.74) is -1.75. The zero-order chi connectivity index (χ0) is 15.6. The average molecular weight is 296 g/mol. The Morgan fingerprint density at radius 3 is 2.57 bits per heavy atom. The Balaban J connectivity index is 2.22. The van der Waals surface area contributed by atoms with Crippen LogP contribution in [0, 0.1) is 15.9 Å². The van der Waals surface area contributed by atoms with Gasteiger partial charge in [-0.1, -0.05) is 0 Å². The molecule has 2 N–H and O–H groups in total. The van der Waals surface area contributed by atoms with Gasteiger partial charge in [0.05, 0.1) is 22.4 Å². The number of carboxylic acids is 1. The number of nitrogens with zero attached hydrogens (tertiary/aromatic N) is 1. The standard InChI is InChI=1S/C13H13FN2O5/c14-10-3-2-8(16(20)21)6-9(10)12(19)15-13(4-1-5-13)7-11(17)18/h2-3,6H,1,4-5,7H2,(H,15,19)(H,17,18). The molecule has 0 heterocycles. The molecule has 1 aromatic carbocycles. The van der Waals surface area contributed by atoms with Gasteiger partial charge in [-0.25, -0.2) is 4.39 Å². The van der Waals surface area contributed by atoms with Crippen molar-refractivity contribution in [3.05, 3.63) is 39.7 Å². The lowest BCUT2D eigenvalue weighted by atomic mass is 9.74. The van der Waals surface area contributed by atoms with Crippen LogP contribution in [-0.2, 0) is 4.79 Å². The maximum Gasteiger partial charge on any atom is 0.305 e. The lowest BCUT2D eigenvalue weighted by Crippen LogP contribution is -2.54. The van der Waals surface area contributed by atoms with E-state index < -0.39 is 39.4 Å². The summed E-state index contributed by atoms with van der Waals surface area (Å²) in [6, 6.07) is 2.65. The Morgan fingerprint density at radius 2 is 2.10 bits per heavy atom. The predicted octanol–water partition coefficient (Wildman–Crippen LogP) is 1.86. The number of carboxylic acid groups (broad SMARTS) is 1. The number of hydrogen-bond acceptors (Lipinski definition) is 4. The summed E-state index contributed by atoms with van der Waals surface area (Å²) in [5.74, 6) is -2.78. The molecule has 0 bridgehead atoms. The minimum Gasteiger partial charge on any atom is -0.481 e. The summed E-state index contributed by atoms with van der Waals surface area (Å²) >= 11 is 0. The van der Waals surface area contributed by atoms with E-state index in [1.165, 1.54) is 0 Å². The van der Waals surface area contributed by atoms with Gasteiger partial charge in [-0.3, -0.25) is 19.7 Å². The van der Waals surface area contributed by atoms with Crippen molar-refractivity contribution in [3.8, 4) is 0 Å². The van der Waals surface area contributed by atoms with Gasteiger partial charge < -0.3 is 10.4 Å². The number of nitrogens with one attached hydrogen (secondary N) is 1. The van der Waals surface area contributed by atoms with E-state index >= 15 is 0 Å². The molecular formula is C13H13FN2O5. The van der Waals surface area contributed by atoms with Crippen molar-refractivity contribution in [1.82, 2.24) is 5.32 Å². The monoisotopic (exact) mass is 296 g/mol. The summed E-state index contributed by atoms with van der Waals surface area (Å²) in [6.07, 6.45) is 1.49. The zero-order valence-electron chi connectivity index (χ0n) is 11.0. The molecule has 8 heteroatoms. The molecule has 2 rings (SSSR count). The Morgan fingerprint density at radius 1 is 1.43 bits per heavy atom. The van der Waals surface area contributed by atoms with Gasteiger partial charge >= 0.3 is 5.97 Å². The maximum absolute atomic E-state index is 13.6. The first-order valence-electron chi connectivity index (χ1n) is 6.31. The SMILES string of the molecule is O=C(O)CC1(NC(=O)c2cc([N+](=O)[O-])ccc2F)CCC1. The summed E-state index contributed by atoms with van der Waals surface area (Å²) in [6.45, 7) is 0. The Kier molecular flexibility index (Phi) is 3.88. The van der Waals surface area contributed by atoms with E-state index in [1.54, 1.807) is 0 Å². The molecular weight excluding hydrogens is 283 g/mol. The molecule has 0 spiro atoms. The molecule has 0 aliphatic heterocycles. The van der Waals surface area contributed by atoms with E-state index in [0.717, 1.165) is 24.6 Å². The minimum absolute atomic E-state index is 0.255. The topological polar surface area (TPSA) is 110 Å². The number of hydrogen-bond donors (Lipinski definition) is 2. The van der Waals surface area contributed by atoms with Gasteiger partial charge in [-0.05, 0) is 25.3 Å². The summed E-state index contributed by atoms with van der Waals surface area (Å²) in [7, 11) is 0. The van der Waals surface area contributed by atoms with E-state index in [0.29, 0.717) is 12.8 Å². The van der Waals surface area contributed by atoms with E-state index in [1.807, 2.05) is 0 Å². The Hall–Kier alpha value is -2.51. The van der Waals surface area contributed by atoms with Gasteiger partial charge in [0, 0.05) is 12.1 Å². The molecule has 1 aliphatic rings. The van der Waals surface area contributed by atoms with Crippen LogP contribution in [0.3, 0.4) is 0 Å². The quantitative estimate of drug-likeness (QED) is 0.636. The van der Waals surface area contributed by atoms with Crippen LogP contribution in [0.15, 0.2) is 18.2 Å². The second kappa shape index (κ2) is 5.47. The van der Waals surface area contributed by atoms with Gasteiger partial charge in [-0.15, -0.1) is 0 Å². The number of halogens is 1. The molecule has 1 saturated carbocycles. The van der Waals surface area contributed by atoms with Crippen molar-refractivity contribution in [2.45, 2.75) is 31.2 Å². The third kappa shape index (κ3) is 3.15. The summed E-state index contributed by atoms with van der Waals surface area (Å²) < 4.78 is 13.6. The van der Waals surface area contributed by atoms with Crippen molar-refractivity contribution in [2.75, 3.05) is 0 Å². The molecule has 0 aromatic heterocycles. The molecule has 112 valence electrons. The van der Waals surface area contributed by atoms with Gasteiger partial charge in [0.2, 0.25) is 0 Å².